The van der Waals surface area contributed by atoms with Crippen molar-refractivity contribution in [1.29, 1.82) is 0 Å². The van der Waals surface area contributed by atoms with E-state index in [1.54, 1.807) is 0 Å². The fourth-order valence-corrected chi connectivity index (χ4v) is 2.84. The van der Waals surface area contributed by atoms with Crippen LogP contribution in [0.4, 0.5) is 9.93 Å². The van der Waals surface area contributed by atoms with Gasteiger partial charge in [0.2, 0.25) is 11.0 Å². The molecule has 7 nitrogen and oxygen atoms in total. The Morgan fingerprint density at radius 3 is 2.52 bits per heavy atom. The van der Waals surface area contributed by atoms with Gasteiger partial charge >= 0.3 is 6.03 Å². The Morgan fingerprint density at radius 2 is 1.95 bits per heavy atom. The van der Waals surface area contributed by atoms with Crippen LogP contribution in [0.5, 0.6) is 0 Å². The zero-order valence-corrected chi connectivity index (χ0v) is 14.4. The van der Waals surface area contributed by atoms with Gasteiger partial charge in [-0.05, 0) is 34.6 Å². The van der Waals surface area contributed by atoms with Gasteiger partial charge in [0.05, 0.1) is 5.75 Å². The summed E-state index contributed by atoms with van der Waals surface area (Å²) in [7, 11) is 0. The number of nitrogens with zero attached hydrogens (tertiary/aromatic N) is 2. The van der Waals surface area contributed by atoms with Gasteiger partial charge in [-0.15, -0.1) is 10.2 Å². The van der Waals surface area contributed by atoms with E-state index >= 15 is 0 Å². The first kappa shape index (κ1) is 17.7. The second kappa shape index (κ2) is 7.60. The fourth-order valence-electron chi connectivity index (χ4n) is 1.28. The quantitative estimate of drug-likeness (QED) is 0.567. The third-order valence-corrected chi connectivity index (χ3v) is 3.86. The van der Waals surface area contributed by atoms with Gasteiger partial charge in [-0.1, -0.05) is 23.1 Å². The number of hydrogen-bond donors (Lipinski definition) is 3. The van der Waals surface area contributed by atoms with Crippen LogP contribution in [0.2, 0.25) is 0 Å². The number of rotatable bonds is 5. The first-order chi connectivity index (χ1) is 9.65. The third kappa shape index (κ3) is 7.86. The van der Waals surface area contributed by atoms with Gasteiger partial charge in [0, 0.05) is 11.6 Å². The smallest absolute Gasteiger partial charge is 0.321 e. The summed E-state index contributed by atoms with van der Waals surface area (Å²) in [5.74, 6) is 0.228. The van der Waals surface area contributed by atoms with Crippen LogP contribution in [0, 0.1) is 0 Å². The van der Waals surface area contributed by atoms with Crippen LogP contribution in [-0.2, 0) is 4.79 Å². The Labute approximate surface area is 132 Å². The second-order valence-electron chi connectivity index (χ2n) is 5.71. The molecule has 3 N–H and O–H groups in total. The zero-order chi connectivity index (χ0) is 16.0. The van der Waals surface area contributed by atoms with E-state index in [2.05, 4.69) is 26.1 Å². The molecule has 0 aliphatic carbocycles. The maximum atomic E-state index is 11.7. The highest BCUT2D eigenvalue weighted by Crippen LogP contribution is 2.25. The molecule has 0 aromatic carbocycles. The van der Waals surface area contributed by atoms with E-state index in [1.165, 1.54) is 23.1 Å². The third-order valence-electron chi connectivity index (χ3n) is 1.89. The molecule has 1 heterocycles. The van der Waals surface area contributed by atoms with Crippen LogP contribution in [0.1, 0.15) is 34.6 Å². The summed E-state index contributed by atoms with van der Waals surface area (Å²) in [4.78, 5) is 23.2. The Bertz CT molecular complexity index is 496. The highest BCUT2D eigenvalue weighted by molar-refractivity contribution is 8.01. The predicted molar refractivity (Wildman–Crippen MR) is 85.8 cm³/mol. The molecule has 0 aliphatic rings. The Morgan fingerprint density at radius 1 is 1.29 bits per heavy atom. The van der Waals surface area contributed by atoms with Gasteiger partial charge in [0.15, 0.2) is 4.34 Å². The summed E-state index contributed by atoms with van der Waals surface area (Å²) in [5, 5.41) is 16.4. The second-order valence-corrected chi connectivity index (χ2v) is 7.91. The van der Waals surface area contributed by atoms with E-state index in [-0.39, 0.29) is 29.3 Å². The van der Waals surface area contributed by atoms with Gasteiger partial charge in [0.1, 0.15) is 0 Å². The molecular weight excluding hydrogens is 310 g/mol. The molecule has 3 amide bonds. The first-order valence-electron chi connectivity index (χ1n) is 6.50. The largest absolute Gasteiger partial charge is 0.353 e. The number of aromatic nitrogens is 2. The molecule has 0 saturated heterocycles. The van der Waals surface area contributed by atoms with Gasteiger partial charge in [-0.25, -0.2) is 4.79 Å². The van der Waals surface area contributed by atoms with Crippen molar-refractivity contribution in [1.82, 2.24) is 20.8 Å². The Kier molecular flexibility index (Phi) is 6.41. The normalized spacial score (nSPS) is 11.3. The minimum absolute atomic E-state index is 0.0508. The van der Waals surface area contributed by atoms with Crippen molar-refractivity contribution in [3.05, 3.63) is 0 Å². The fraction of sp³-hybridized carbons (Fsp3) is 0.667. The van der Waals surface area contributed by atoms with Crippen molar-refractivity contribution in [3.63, 3.8) is 0 Å². The van der Waals surface area contributed by atoms with Crippen LogP contribution in [0.25, 0.3) is 0 Å². The monoisotopic (exact) mass is 331 g/mol. The summed E-state index contributed by atoms with van der Waals surface area (Å²) in [6, 6.07) is -0.210. The minimum Gasteiger partial charge on any atom is -0.353 e. The number of urea groups is 1. The predicted octanol–water partition coefficient (Wildman–Crippen LogP) is 2.07. The summed E-state index contributed by atoms with van der Waals surface area (Å²) in [6.45, 7) is 9.48. The van der Waals surface area contributed by atoms with Crippen molar-refractivity contribution < 1.29 is 9.59 Å². The van der Waals surface area contributed by atoms with E-state index in [9.17, 15) is 9.59 Å². The van der Waals surface area contributed by atoms with Crippen molar-refractivity contribution in [2.24, 2.45) is 0 Å². The van der Waals surface area contributed by atoms with Crippen molar-refractivity contribution in [3.8, 4) is 0 Å². The molecule has 0 spiro atoms. The van der Waals surface area contributed by atoms with Crippen molar-refractivity contribution in [2.75, 3.05) is 11.1 Å². The number of thioether (sulfide) groups is 1. The SMILES string of the molecule is CC(C)NC(=O)CSc1nnc(NC(=O)NC(C)(C)C)s1. The number of carbonyl (C=O) groups is 2. The Balaban J connectivity index is 2.43. The van der Waals surface area contributed by atoms with Crippen LogP contribution < -0.4 is 16.0 Å². The molecule has 0 bridgehead atoms. The highest BCUT2D eigenvalue weighted by Gasteiger charge is 2.15. The summed E-state index contributed by atoms with van der Waals surface area (Å²) >= 11 is 2.53. The lowest BCUT2D eigenvalue weighted by atomic mass is 10.1. The zero-order valence-electron chi connectivity index (χ0n) is 12.8. The number of nitrogens with one attached hydrogen (secondary N) is 3. The lowest BCUT2D eigenvalue weighted by molar-refractivity contribution is -0.119. The van der Waals surface area contributed by atoms with E-state index in [1.807, 2.05) is 34.6 Å². The van der Waals surface area contributed by atoms with E-state index in [4.69, 9.17) is 0 Å². The lowest BCUT2D eigenvalue weighted by Crippen LogP contribution is -2.43. The molecular formula is C12H21N5O2S2. The number of amides is 3. The summed E-state index contributed by atoms with van der Waals surface area (Å²) < 4.78 is 0.639. The summed E-state index contributed by atoms with van der Waals surface area (Å²) in [6.07, 6.45) is 0. The van der Waals surface area contributed by atoms with Crippen molar-refractivity contribution in [2.45, 2.75) is 50.5 Å². The molecule has 0 aliphatic heterocycles. The molecule has 0 fully saturated rings. The minimum atomic E-state index is -0.326. The Hall–Kier alpha value is -1.35. The molecule has 0 atom stereocenters. The van der Waals surface area contributed by atoms with Crippen LogP contribution >= 0.6 is 23.1 Å². The number of carbonyl (C=O) groups excluding carboxylic acids is 2. The standard InChI is InChI=1S/C12H21N5O2S2/c1-7(2)13-8(18)6-20-11-17-16-10(21-11)14-9(19)15-12(3,4)5/h7H,6H2,1-5H3,(H,13,18)(H2,14,15,16,19). The highest BCUT2D eigenvalue weighted by atomic mass is 32.2. The molecule has 1 rings (SSSR count). The number of hydrogen-bond acceptors (Lipinski definition) is 6. The van der Waals surface area contributed by atoms with E-state index in [0.29, 0.717) is 9.47 Å². The average molecular weight is 331 g/mol. The van der Waals surface area contributed by atoms with Crippen LogP contribution in [0.3, 0.4) is 0 Å². The molecule has 118 valence electrons. The molecule has 0 saturated carbocycles. The summed E-state index contributed by atoms with van der Waals surface area (Å²) in [5.41, 5.74) is -0.318. The molecule has 1 aromatic rings. The molecule has 21 heavy (non-hydrogen) atoms. The van der Waals surface area contributed by atoms with Crippen LogP contribution in [-0.4, -0.2) is 39.5 Å². The van der Waals surface area contributed by atoms with Gasteiger partial charge < -0.3 is 10.6 Å². The maximum Gasteiger partial charge on any atom is 0.321 e. The molecule has 9 heteroatoms. The maximum absolute atomic E-state index is 11.7. The van der Waals surface area contributed by atoms with E-state index in [0.717, 1.165) is 0 Å². The van der Waals surface area contributed by atoms with Gasteiger partial charge in [-0.3, -0.25) is 10.1 Å². The van der Waals surface area contributed by atoms with Gasteiger partial charge in [-0.2, -0.15) is 0 Å². The van der Waals surface area contributed by atoms with Crippen molar-refractivity contribution >= 4 is 40.2 Å². The van der Waals surface area contributed by atoms with Gasteiger partial charge in [0.25, 0.3) is 0 Å². The lowest BCUT2D eigenvalue weighted by Gasteiger charge is -2.19. The molecule has 1 aromatic heterocycles. The van der Waals surface area contributed by atoms with E-state index < -0.39 is 0 Å². The molecule has 0 unspecified atom stereocenters. The topological polar surface area (TPSA) is 96.0 Å². The molecule has 0 radical (unpaired) electrons. The number of anilines is 1. The first-order valence-corrected chi connectivity index (χ1v) is 8.31. The average Bonchev–Trinajstić information content (AvgIpc) is 2.70. The van der Waals surface area contributed by atoms with Crippen LogP contribution in [0.15, 0.2) is 4.34 Å².